The molecule has 26 heavy (non-hydrogen) atoms. The first-order chi connectivity index (χ1) is 12.5. The second-order valence-corrected chi connectivity index (χ2v) is 5.43. The van der Waals surface area contributed by atoms with E-state index in [4.69, 9.17) is 9.47 Å². The van der Waals surface area contributed by atoms with Crippen LogP contribution in [0.2, 0.25) is 0 Å². The van der Waals surface area contributed by atoms with Gasteiger partial charge in [0.25, 0.3) is 0 Å². The van der Waals surface area contributed by atoms with E-state index in [1.807, 2.05) is 0 Å². The molecule has 7 nitrogen and oxygen atoms in total. The predicted molar refractivity (Wildman–Crippen MR) is 98.0 cm³/mol. The fourth-order valence-electron chi connectivity index (χ4n) is 2.58. The van der Waals surface area contributed by atoms with Crippen LogP contribution in [0.3, 0.4) is 0 Å². The Bertz CT molecular complexity index is 791. The van der Waals surface area contributed by atoms with Crippen LogP contribution in [0.1, 0.15) is 29.2 Å². The van der Waals surface area contributed by atoms with Gasteiger partial charge in [-0.05, 0) is 41.8 Å². The standard InChI is InChI=1S/C19H21NO6/c1-3-26-18-7-6-13(9-17(18)20(23)24)4-5-14-8-15(11-21)16(12-22)19(10-14)25-2/h4-10,21-22H,3,11-12H2,1-2H3/b5-4-. The highest BCUT2D eigenvalue weighted by Gasteiger charge is 2.15. The zero-order valence-corrected chi connectivity index (χ0v) is 14.6. The molecule has 0 atom stereocenters. The zero-order chi connectivity index (χ0) is 19.1. The van der Waals surface area contributed by atoms with Gasteiger partial charge in [-0.2, -0.15) is 0 Å². The van der Waals surface area contributed by atoms with Crippen molar-refractivity contribution >= 4 is 17.8 Å². The second-order valence-electron chi connectivity index (χ2n) is 5.43. The highest BCUT2D eigenvalue weighted by atomic mass is 16.6. The van der Waals surface area contributed by atoms with Gasteiger partial charge in [0.05, 0.1) is 31.9 Å². The van der Waals surface area contributed by atoms with Crippen molar-refractivity contribution in [3.8, 4) is 11.5 Å². The maximum Gasteiger partial charge on any atom is 0.311 e. The van der Waals surface area contributed by atoms with Crippen molar-refractivity contribution in [3.05, 3.63) is 62.7 Å². The first kappa shape index (κ1) is 19.4. The summed E-state index contributed by atoms with van der Waals surface area (Å²) in [5, 5.41) is 30.1. The quantitative estimate of drug-likeness (QED) is 0.426. The van der Waals surface area contributed by atoms with Crippen LogP contribution < -0.4 is 9.47 Å². The van der Waals surface area contributed by atoms with Crippen molar-refractivity contribution in [2.24, 2.45) is 0 Å². The summed E-state index contributed by atoms with van der Waals surface area (Å²) in [4.78, 5) is 10.7. The van der Waals surface area contributed by atoms with Gasteiger partial charge >= 0.3 is 5.69 Å². The van der Waals surface area contributed by atoms with Gasteiger partial charge < -0.3 is 19.7 Å². The third-order valence-electron chi connectivity index (χ3n) is 3.82. The minimum absolute atomic E-state index is 0.0988. The molecule has 2 aromatic carbocycles. The van der Waals surface area contributed by atoms with Crippen molar-refractivity contribution in [1.29, 1.82) is 0 Å². The molecule has 0 aromatic heterocycles. The summed E-state index contributed by atoms with van der Waals surface area (Å²) in [7, 11) is 1.49. The summed E-state index contributed by atoms with van der Waals surface area (Å²) in [5.41, 5.74) is 2.36. The maximum atomic E-state index is 11.2. The molecule has 0 aliphatic carbocycles. The lowest BCUT2D eigenvalue weighted by Crippen LogP contribution is -1.99. The number of nitro benzene ring substituents is 1. The van der Waals surface area contributed by atoms with Crippen LogP contribution >= 0.6 is 0 Å². The molecule has 0 fully saturated rings. The third-order valence-corrected chi connectivity index (χ3v) is 3.82. The number of rotatable bonds is 8. The Morgan fingerprint density at radius 1 is 1.08 bits per heavy atom. The molecule has 2 aromatic rings. The molecule has 0 aliphatic rings. The topological polar surface area (TPSA) is 102 Å². The Kier molecular flexibility index (Phi) is 6.71. The molecule has 0 aliphatic heterocycles. The minimum Gasteiger partial charge on any atom is -0.496 e. The van der Waals surface area contributed by atoms with E-state index in [1.54, 1.807) is 43.3 Å². The number of hydrogen-bond donors (Lipinski definition) is 2. The molecule has 0 bridgehead atoms. The summed E-state index contributed by atoms with van der Waals surface area (Å²) >= 11 is 0. The number of benzene rings is 2. The van der Waals surface area contributed by atoms with E-state index in [2.05, 4.69) is 0 Å². The number of nitrogens with zero attached hydrogens (tertiary/aromatic N) is 1. The molecule has 2 N–H and O–H groups in total. The third kappa shape index (κ3) is 4.38. The van der Waals surface area contributed by atoms with Crippen LogP contribution in [-0.2, 0) is 13.2 Å². The number of nitro groups is 1. The SMILES string of the molecule is CCOc1ccc(/C=C\c2cc(CO)c(CO)c(OC)c2)cc1[N+](=O)[O-]. The Morgan fingerprint density at radius 3 is 2.38 bits per heavy atom. The van der Waals surface area contributed by atoms with Crippen LogP contribution in [0.15, 0.2) is 30.3 Å². The summed E-state index contributed by atoms with van der Waals surface area (Å²) in [6.45, 7) is 1.63. The van der Waals surface area contributed by atoms with Gasteiger partial charge in [-0.1, -0.05) is 18.2 Å². The van der Waals surface area contributed by atoms with E-state index in [0.29, 0.717) is 29.0 Å². The van der Waals surface area contributed by atoms with Crippen molar-refractivity contribution < 1.29 is 24.6 Å². The lowest BCUT2D eigenvalue weighted by molar-refractivity contribution is -0.385. The Balaban J connectivity index is 2.37. The van der Waals surface area contributed by atoms with Gasteiger partial charge in [-0.15, -0.1) is 0 Å². The summed E-state index contributed by atoms with van der Waals surface area (Å²) < 4.78 is 10.5. The first-order valence-electron chi connectivity index (χ1n) is 8.04. The predicted octanol–water partition coefficient (Wildman–Crippen LogP) is 3.16. The van der Waals surface area contributed by atoms with Crippen molar-refractivity contribution in [2.75, 3.05) is 13.7 Å². The van der Waals surface area contributed by atoms with Gasteiger partial charge in [0.2, 0.25) is 0 Å². The lowest BCUT2D eigenvalue weighted by atomic mass is 10.0. The average Bonchev–Trinajstić information content (AvgIpc) is 2.66. The molecule has 2 rings (SSSR count). The number of ether oxygens (including phenoxy) is 2. The van der Waals surface area contributed by atoms with Gasteiger partial charge in [0.15, 0.2) is 5.75 Å². The van der Waals surface area contributed by atoms with E-state index in [9.17, 15) is 20.3 Å². The molecule has 0 amide bonds. The Hall–Kier alpha value is -2.90. The van der Waals surface area contributed by atoms with Gasteiger partial charge in [0.1, 0.15) is 5.75 Å². The van der Waals surface area contributed by atoms with Crippen molar-refractivity contribution in [2.45, 2.75) is 20.1 Å². The number of aliphatic hydroxyl groups excluding tert-OH is 2. The molecule has 0 unspecified atom stereocenters. The average molecular weight is 359 g/mol. The molecule has 138 valence electrons. The van der Waals surface area contributed by atoms with Crippen LogP contribution in [0, 0.1) is 10.1 Å². The highest BCUT2D eigenvalue weighted by Crippen LogP contribution is 2.30. The smallest absolute Gasteiger partial charge is 0.311 e. The number of hydrogen-bond acceptors (Lipinski definition) is 6. The number of methoxy groups -OCH3 is 1. The monoisotopic (exact) mass is 359 g/mol. The van der Waals surface area contributed by atoms with Crippen LogP contribution in [-0.4, -0.2) is 28.9 Å². The van der Waals surface area contributed by atoms with Crippen LogP contribution in [0.25, 0.3) is 12.2 Å². The van der Waals surface area contributed by atoms with E-state index < -0.39 is 4.92 Å². The molecule has 0 radical (unpaired) electrons. The fourth-order valence-corrected chi connectivity index (χ4v) is 2.58. The van der Waals surface area contributed by atoms with E-state index in [1.165, 1.54) is 13.2 Å². The fraction of sp³-hybridized carbons (Fsp3) is 0.263. The van der Waals surface area contributed by atoms with Gasteiger partial charge in [0, 0.05) is 11.6 Å². The van der Waals surface area contributed by atoms with E-state index >= 15 is 0 Å². The lowest BCUT2D eigenvalue weighted by Gasteiger charge is -2.12. The Labute approximate surface area is 151 Å². The van der Waals surface area contributed by atoms with E-state index in [0.717, 1.165) is 5.56 Å². The highest BCUT2D eigenvalue weighted by molar-refractivity contribution is 5.73. The molecule has 0 spiro atoms. The molecule has 0 saturated carbocycles. The second kappa shape index (κ2) is 8.98. The van der Waals surface area contributed by atoms with Crippen LogP contribution in [0.4, 0.5) is 5.69 Å². The van der Waals surface area contributed by atoms with Crippen LogP contribution in [0.5, 0.6) is 11.5 Å². The summed E-state index contributed by atoms with van der Waals surface area (Å²) in [6, 6.07) is 8.18. The van der Waals surface area contributed by atoms with Gasteiger partial charge in [-0.3, -0.25) is 10.1 Å². The molecular formula is C19H21NO6. The summed E-state index contributed by atoms with van der Waals surface area (Å²) in [6.07, 6.45) is 3.47. The number of aliphatic hydroxyl groups is 2. The minimum atomic E-state index is -0.481. The van der Waals surface area contributed by atoms with Gasteiger partial charge in [-0.25, -0.2) is 0 Å². The summed E-state index contributed by atoms with van der Waals surface area (Å²) in [5.74, 6) is 0.697. The molecular weight excluding hydrogens is 338 g/mol. The van der Waals surface area contributed by atoms with Crippen molar-refractivity contribution in [3.63, 3.8) is 0 Å². The molecule has 0 saturated heterocycles. The Morgan fingerprint density at radius 2 is 1.81 bits per heavy atom. The molecule has 0 heterocycles. The normalized spacial score (nSPS) is 10.9. The largest absolute Gasteiger partial charge is 0.496 e. The van der Waals surface area contributed by atoms with E-state index in [-0.39, 0.29) is 24.7 Å². The first-order valence-corrected chi connectivity index (χ1v) is 8.04. The zero-order valence-electron chi connectivity index (χ0n) is 14.6. The maximum absolute atomic E-state index is 11.2. The van der Waals surface area contributed by atoms with Crippen molar-refractivity contribution in [1.82, 2.24) is 0 Å². The molecule has 7 heteroatoms.